The van der Waals surface area contributed by atoms with Crippen molar-refractivity contribution in [1.29, 1.82) is 0 Å². The van der Waals surface area contributed by atoms with Crippen molar-refractivity contribution in [2.24, 2.45) is 0 Å². The van der Waals surface area contributed by atoms with Gasteiger partial charge in [-0.15, -0.1) is 5.10 Å². The number of nitrogens with one attached hydrogen (secondary N) is 1. The maximum Gasteiger partial charge on any atom is 0.244 e. The van der Waals surface area contributed by atoms with Gasteiger partial charge in [0.2, 0.25) is 5.95 Å². The third kappa shape index (κ3) is 4.29. The van der Waals surface area contributed by atoms with E-state index in [1.165, 1.54) is 11.1 Å². The zero-order chi connectivity index (χ0) is 16.6. The van der Waals surface area contributed by atoms with Gasteiger partial charge in [0.05, 0.1) is 6.20 Å². The third-order valence-corrected chi connectivity index (χ3v) is 3.76. The summed E-state index contributed by atoms with van der Waals surface area (Å²) in [5.41, 5.74) is 2.43. The molecule has 0 saturated heterocycles. The summed E-state index contributed by atoms with van der Waals surface area (Å²) < 4.78 is 0. The predicted octanol–water partition coefficient (Wildman–Crippen LogP) is 3.51. The van der Waals surface area contributed by atoms with E-state index in [9.17, 15) is 0 Å². The summed E-state index contributed by atoms with van der Waals surface area (Å²) >= 11 is 0. The number of aromatic nitrogens is 3. The van der Waals surface area contributed by atoms with E-state index in [2.05, 4.69) is 56.6 Å². The minimum atomic E-state index is 0.544. The highest BCUT2D eigenvalue weighted by Gasteiger charge is 2.09. The molecule has 0 amide bonds. The number of nitrogens with zero attached hydrogens (tertiary/aromatic N) is 4. The molecule has 1 N–H and O–H groups in total. The zero-order valence-electron chi connectivity index (χ0n) is 13.8. The van der Waals surface area contributed by atoms with Crippen LogP contribution in [0.25, 0.3) is 0 Å². The Hall–Kier alpha value is -2.95. The van der Waals surface area contributed by atoms with Crippen molar-refractivity contribution >= 4 is 11.8 Å². The molecular weight excluding hydrogens is 298 g/mol. The first-order valence-corrected chi connectivity index (χ1v) is 8.11. The maximum atomic E-state index is 4.60. The lowest BCUT2D eigenvalue weighted by Crippen LogP contribution is -2.24. The van der Waals surface area contributed by atoms with E-state index in [1.807, 2.05) is 36.4 Å². The summed E-state index contributed by atoms with van der Waals surface area (Å²) in [5, 5.41) is 11.4. The summed E-state index contributed by atoms with van der Waals surface area (Å²) in [4.78, 5) is 6.77. The van der Waals surface area contributed by atoms with Crippen LogP contribution in [0.1, 0.15) is 18.1 Å². The van der Waals surface area contributed by atoms with Crippen LogP contribution in [0.3, 0.4) is 0 Å². The Morgan fingerprint density at radius 1 is 0.917 bits per heavy atom. The van der Waals surface area contributed by atoms with Crippen molar-refractivity contribution in [2.75, 3.05) is 16.8 Å². The van der Waals surface area contributed by atoms with E-state index in [0.717, 1.165) is 18.9 Å². The predicted molar refractivity (Wildman–Crippen MR) is 96.8 cm³/mol. The molecule has 3 aromatic rings. The summed E-state index contributed by atoms with van der Waals surface area (Å²) in [6.07, 6.45) is 1.71. The maximum absolute atomic E-state index is 4.60. The van der Waals surface area contributed by atoms with E-state index in [-0.39, 0.29) is 0 Å². The molecule has 0 fully saturated rings. The van der Waals surface area contributed by atoms with E-state index in [0.29, 0.717) is 12.5 Å². The Kier molecular flexibility index (Phi) is 5.35. The first kappa shape index (κ1) is 15.9. The number of benzene rings is 2. The highest BCUT2D eigenvalue weighted by Crippen LogP contribution is 2.14. The lowest BCUT2D eigenvalue weighted by Gasteiger charge is -2.21. The van der Waals surface area contributed by atoms with Crippen LogP contribution < -0.4 is 10.2 Å². The molecule has 0 spiro atoms. The average Bonchev–Trinajstić information content (AvgIpc) is 2.66. The Morgan fingerprint density at radius 2 is 1.58 bits per heavy atom. The Labute approximate surface area is 142 Å². The number of hydrogen-bond donors (Lipinski definition) is 1. The van der Waals surface area contributed by atoms with Crippen molar-refractivity contribution in [3.8, 4) is 0 Å². The monoisotopic (exact) mass is 319 g/mol. The molecule has 0 aliphatic rings. The molecular formula is C19H21N5. The quantitative estimate of drug-likeness (QED) is 0.722. The number of rotatable bonds is 7. The molecule has 24 heavy (non-hydrogen) atoms. The van der Waals surface area contributed by atoms with Gasteiger partial charge >= 0.3 is 0 Å². The van der Waals surface area contributed by atoms with Gasteiger partial charge in [-0.25, -0.2) is 0 Å². The van der Waals surface area contributed by atoms with Gasteiger partial charge in [-0.3, -0.25) is 0 Å². The molecule has 0 atom stereocenters. The fourth-order valence-electron chi connectivity index (χ4n) is 2.46. The molecule has 0 radical (unpaired) electrons. The summed E-state index contributed by atoms with van der Waals surface area (Å²) in [6.45, 7) is 4.44. The van der Waals surface area contributed by atoms with Crippen molar-refractivity contribution in [2.45, 2.75) is 20.0 Å². The van der Waals surface area contributed by atoms with Crippen LogP contribution in [-0.2, 0) is 13.1 Å². The minimum Gasteiger partial charge on any atom is -0.351 e. The largest absolute Gasteiger partial charge is 0.351 e. The van der Waals surface area contributed by atoms with Crippen LogP contribution in [0, 0.1) is 0 Å². The van der Waals surface area contributed by atoms with Gasteiger partial charge in [-0.1, -0.05) is 60.7 Å². The molecule has 5 heteroatoms. The molecule has 5 nitrogen and oxygen atoms in total. The SMILES string of the molecule is CCN(Cc1ccccc1)c1cnnc(NCc2ccccc2)n1. The Bertz CT molecular complexity index is 746. The third-order valence-electron chi connectivity index (χ3n) is 3.76. The Balaban J connectivity index is 1.69. The molecule has 122 valence electrons. The average molecular weight is 319 g/mol. The van der Waals surface area contributed by atoms with Gasteiger partial charge < -0.3 is 10.2 Å². The summed E-state index contributed by atoms with van der Waals surface area (Å²) in [7, 11) is 0. The molecule has 2 aromatic carbocycles. The minimum absolute atomic E-state index is 0.544. The molecule has 3 rings (SSSR count). The second kappa shape index (κ2) is 8.06. The topological polar surface area (TPSA) is 53.9 Å². The van der Waals surface area contributed by atoms with Crippen LogP contribution in [-0.4, -0.2) is 21.7 Å². The molecule has 0 bridgehead atoms. The highest BCUT2D eigenvalue weighted by molar-refractivity contribution is 5.41. The van der Waals surface area contributed by atoms with E-state index < -0.39 is 0 Å². The van der Waals surface area contributed by atoms with Gasteiger partial charge in [-0.2, -0.15) is 10.1 Å². The van der Waals surface area contributed by atoms with Gasteiger partial charge in [0.25, 0.3) is 0 Å². The lowest BCUT2D eigenvalue weighted by atomic mass is 10.2. The molecule has 0 saturated carbocycles. The van der Waals surface area contributed by atoms with Gasteiger partial charge in [-0.05, 0) is 18.1 Å². The van der Waals surface area contributed by atoms with Crippen molar-refractivity contribution < 1.29 is 0 Å². The lowest BCUT2D eigenvalue weighted by molar-refractivity contribution is 0.796. The highest BCUT2D eigenvalue weighted by atomic mass is 15.3. The fraction of sp³-hybridized carbons (Fsp3) is 0.211. The smallest absolute Gasteiger partial charge is 0.244 e. The summed E-state index contributed by atoms with van der Waals surface area (Å²) in [6, 6.07) is 20.5. The van der Waals surface area contributed by atoms with E-state index in [4.69, 9.17) is 0 Å². The molecule has 0 aliphatic carbocycles. The fourth-order valence-corrected chi connectivity index (χ4v) is 2.46. The van der Waals surface area contributed by atoms with Crippen molar-refractivity contribution in [3.05, 3.63) is 78.0 Å². The number of anilines is 2. The zero-order valence-corrected chi connectivity index (χ0v) is 13.8. The van der Waals surface area contributed by atoms with E-state index >= 15 is 0 Å². The standard InChI is InChI=1S/C19H21N5/c1-2-24(15-17-11-7-4-8-12-17)18-14-21-23-19(22-18)20-13-16-9-5-3-6-10-16/h3-12,14H,2,13,15H2,1H3,(H,20,22,23). The second-order valence-electron chi connectivity index (χ2n) is 5.48. The van der Waals surface area contributed by atoms with Crippen LogP contribution >= 0.6 is 0 Å². The van der Waals surface area contributed by atoms with Crippen LogP contribution in [0.4, 0.5) is 11.8 Å². The van der Waals surface area contributed by atoms with Crippen molar-refractivity contribution in [1.82, 2.24) is 15.2 Å². The molecule has 0 aliphatic heterocycles. The van der Waals surface area contributed by atoms with Gasteiger partial charge in [0.1, 0.15) is 0 Å². The first-order valence-electron chi connectivity index (χ1n) is 8.11. The van der Waals surface area contributed by atoms with Gasteiger partial charge in [0.15, 0.2) is 5.82 Å². The molecule has 0 unspecified atom stereocenters. The normalized spacial score (nSPS) is 10.4. The number of hydrogen-bond acceptors (Lipinski definition) is 5. The van der Waals surface area contributed by atoms with E-state index in [1.54, 1.807) is 6.20 Å². The second-order valence-corrected chi connectivity index (χ2v) is 5.48. The molecule has 1 aromatic heterocycles. The van der Waals surface area contributed by atoms with Crippen LogP contribution in [0.15, 0.2) is 66.9 Å². The Morgan fingerprint density at radius 3 is 2.25 bits per heavy atom. The summed E-state index contributed by atoms with van der Waals surface area (Å²) in [5.74, 6) is 1.37. The van der Waals surface area contributed by atoms with Crippen molar-refractivity contribution in [3.63, 3.8) is 0 Å². The molecule has 1 heterocycles. The van der Waals surface area contributed by atoms with Crippen LogP contribution in [0.2, 0.25) is 0 Å². The first-order chi connectivity index (χ1) is 11.8. The van der Waals surface area contributed by atoms with Crippen LogP contribution in [0.5, 0.6) is 0 Å². The van der Waals surface area contributed by atoms with Gasteiger partial charge in [0, 0.05) is 19.6 Å².